The van der Waals surface area contributed by atoms with E-state index in [1.54, 1.807) is 17.7 Å². The zero-order valence-electron chi connectivity index (χ0n) is 27.6. The average molecular weight is 686 g/mol. The lowest BCUT2D eigenvalue weighted by Crippen LogP contribution is -2.74. The standard InChI is InChI=1S/C46H31N3SSi/c1-4-16-34(17-5-1)51(35-18-6-2-7-19-35,36-20-8-3-9-21-36)37-22-14-15-32(29-37)33-27-28-43-40(30-33)44-45(50-43)46(48-31-47-44)49-41-25-12-10-23-38(41)39-24-11-13-26-42(39)49/h1-31H. The smallest absolute Gasteiger partial charge is 0.179 e. The second-order valence-corrected chi connectivity index (χ2v) is 17.8. The molecule has 10 aromatic rings. The molecule has 0 amide bonds. The molecule has 0 radical (unpaired) electrons. The third-order valence-electron chi connectivity index (χ3n) is 10.3. The van der Waals surface area contributed by atoms with Crippen LogP contribution in [0.15, 0.2) is 188 Å². The van der Waals surface area contributed by atoms with Crippen molar-refractivity contribution in [3.8, 4) is 16.9 Å². The molecular weight excluding hydrogens is 655 g/mol. The monoisotopic (exact) mass is 685 g/mol. The molecule has 0 saturated heterocycles. The fourth-order valence-corrected chi connectivity index (χ4v) is 14.0. The highest BCUT2D eigenvalue weighted by atomic mass is 32.1. The first-order chi connectivity index (χ1) is 25.3. The van der Waals surface area contributed by atoms with Crippen LogP contribution in [0.3, 0.4) is 0 Å². The van der Waals surface area contributed by atoms with Crippen LogP contribution in [0.2, 0.25) is 0 Å². The first-order valence-corrected chi connectivity index (χ1v) is 20.1. The minimum Gasteiger partial charge on any atom is -0.292 e. The van der Waals surface area contributed by atoms with Crippen molar-refractivity contribution in [2.24, 2.45) is 0 Å². The molecule has 3 heterocycles. The zero-order chi connectivity index (χ0) is 33.8. The molecular formula is C46H31N3SSi. The van der Waals surface area contributed by atoms with Gasteiger partial charge in [0.1, 0.15) is 6.33 Å². The van der Waals surface area contributed by atoms with Crippen LogP contribution in [-0.2, 0) is 0 Å². The zero-order valence-corrected chi connectivity index (χ0v) is 29.5. The number of hydrogen-bond donors (Lipinski definition) is 0. The van der Waals surface area contributed by atoms with Crippen molar-refractivity contribution in [3.63, 3.8) is 0 Å². The Morgan fingerprint density at radius 3 is 1.57 bits per heavy atom. The molecule has 0 saturated carbocycles. The van der Waals surface area contributed by atoms with Crippen molar-refractivity contribution >= 4 is 82.3 Å². The van der Waals surface area contributed by atoms with Crippen molar-refractivity contribution in [2.75, 3.05) is 0 Å². The van der Waals surface area contributed by atoms with E-state index < -0.39 is 8.07 Å². The number of hydrogen-bond acceptors (Lipinski definition) is 3. The van der Waals surface area contributed by atoms with Gasteiger partial charge in [-0.25, -0.2) is 9.97 Å². The van der Waals surface area contributed by atoms with Gasteiger partial charge in [0, 0.05) is 20.9 Å². The van der Waals surface area contributed by atoms with Gasteiger partial charge in [0.05, 0.1) is 21.3 Å². The number of rotatable bonds is 6. The number of thiophene rings is 1. The maximum atomic E-state index is 4.92. The number of aromatic nitrogens is 3. The fourth-order valence-electron chi connectivity index (χ4n) is 8.05. The van der Waals surface area contributed by atoms with Crippen molar-refractivity contribution in [3.05, 3.63) is 188 Å². The Morgan fingerprint density at radius 2 is 0.961 bits per heavy atom. The molecule has 0 N–H and O–H groups in total. The summed E-state index contributed by atoms with van der Waals surface area (Å²) in [5, 5.41) is 9.07. The van der Waals surface area contributed by atoms with Gasteiger partial charge in [-0.15, -0.1) is 11.3 Å². The topological polar surface area (TPSA) is 30.7 Å². The summed E-state index contributed by atoms with van der Waals surface area (Å²) in [6, 6.07) is 66.6. The van der Waals surface area contributed by atoms with E-state index in [2.05, 4.69) is 187 Å². The molecule has 51 heavy (non-hydrogen) atoms. The van der Waals surface area contributed by atoms with Gasteiger partial charge < -0.3 is 0 Å². The molecule has 0 aliphatic carbocycles. The Labute approximate surface area is 300 Å². The van der Waals surface area contributed by atoms with E-state index in [4.69, 9.17) is 9.97 Å². The molecule has 5 heteroatoms. The lowest BCUT2D eigenvalue weighted by atomic mass is 10.0. The van der Waals surface area contributed by atoms with Gasteiger partial charge in [-0.3, -0.25) is 4.57 Å². The lowest BCUT2D eigenvalue weighted by Gasteiger charge is -2.34. The maximum Gasteiger partial charge on any atom is 0.179 e. The van der Waals surface area contributed by atoms with Crippen LogP contribution in [0.5, 0.6) is 0 Å². The van der Waals surface area contributed by atoms with Gasteiger partial charge in [0.15, 0.2) is 13.9 Å². The van der Waals surface area contributed by atoms with E-state index in [9.17, 15) is 0 Å². The number of nitrogens with zero attached hydrogens (tertiary/aromatic N) is 3. The Hall–Kier alpha value is -6.14. The SMILES string of the molecule is c1ccc([Si](c2ccccc2)(c2ccccc2)c2cccc(-c3ccc4sc5c(-n6c7ccccc7c7ccccc76)ncnc5c4c3)c2)cc1. The van der Waals surface area contributed by atoms with Gasteiger partial charge in [0.25, 0.3) is 0 Å². The largest absolute Gasteiger partial charge is 0.292 e. The molecule has 0 atom stereocenters. The number of fused-ring (bicyclic) bond motifs is 6. The minimum absolute atomic E-state index is 0.923. The molecule has 3 aromatic heterocycles. The highest BCUT2D eigenvalue weighted by Crippen LogP contribution is 2.40. The van der Waals surface area contributed by atoms with Gasteiger partial charge >= 0.3 is 0 Å². The van der Waals surface area contributed by atoms with Gasteiger partial charge in [0.2, 0.25) is 0 Å². The molecule has 0 fully saturated rings. The predicted octanol–water partition coefficient (Wildman–Crippen LogP) is 8.99. The average Bonchev–Trinajstić information content (AvgIpc) is 3.75. The summed E-state index contributed by atoms with van der Waals surface area (Å²) in [4.78, 5) is 9.82. The van der Waals surface area contributed by atoms with Gasteiger partial charge in [-0.2, -0.15) is 0 Å². The molecule has 240 valence electrons. The molecule has 0 spiro atoms. The summed E-state index contributed by atoms with van der Waals surface area (Å²) in [7, 11) is -2.65. The van der Waals surface area contributed by atoms with Gasteiger partial charge in [-0.1, -0.05) is 158 Å². The third-order valence-corrected chi connectivity index (χ3v) is 16.2. The van der Waals surface area contributed by atoms with Crippen LogP contribution >= 0.6 is 11.3 Å². The summed E-state index contributed by atoms with van der Waals surface area (Å²) >= 11 is 1.77. The Balaban J connectivity index is 1.17. The summed E-state index contributed by atoms with van der Waals surface area (Å²) < 4.78 is 4.60. The van der Waals surface area contributed by atoms with Crippen LogP contribution < -0.4 is 20.7 Å². The van der Waals surface area contributed by atoms with Crippen molar-refractivity contribution in [1.29, 1.82) is 0 Å². The van der Waals surface area contributed by atoms with E-state index in [0.717, 1.165) is 32.5 Å². The molecule has 0 unspecified atom stereocenters. The molecule has 7 aromatic carbocycles. The van der Waals surface area contributed by atoms with Gasteiger partial charge in [-0.05, 0) is 56.1 Å². The van der Waals surface area contributed by atoms with E-state index >= 15 is 0 Å². The molecule has 10 rings (SSSR count). The normalized spacial score (nSPS) is 11.9. The highest BCUT2D eigenvalue weighted by Gasteiger charge is 2.41. The van der Waals surface area contributed by atoms with E-state index in [0.29, 0.717) is 0 Å². The number of benzene rings is 7. The Kier molecular flexibility index (Phi) is 7.01. The Morgan fingerprint density at radius 1 is 0.431 bits per heavy atom. The quantitative estimate of drug-likeness (QED) is 0.129. The van der Waals surface area contributed by atoms with Crippen LogP contribution in [-0.4, -0.2) is 22.6 Å². The van der Waals surface area contributed by atoms with Crippen LogP contribution in [0.1, 0.15) is 0 Å². The predicted molar refractivity (Wildman–Crippen MR) is 218 cm³/mol. The van der Waals surface area contributed by atoms with E-state index in [1.165, 1.54) is 47.3 Å². The van der Waals surface area contributed by atoms with E-state index in [-0.39, 0.29) is 0 Å². The fraction of sp³-hybridized carbons (Fsp3) is 0. The molecule has 0 bridgehead atoms. The number of para-hydroxylation sites is 2. The molecule has 0 aliphatic heterocycles. The Bertz CT molecular complexity index is 2710. The van der Waals surface area contributed by atoms with Crippen LogP contribution in [0, 0.1) is 0 Å². The first kappa shape index (κ1) is 29.7. The van der Waals surface area contributed by atoms with Crippen molar-refractivity contribution in [2.45, 2.75) is 0 Å². The molecule has 0 aliphatic rings. The van der Waals surface area contributed by atoms with Crippen molar-refractivity contribution in [1.82, 2.24) is 14.5 Å². The lowest BCUT2D eigenvalue weighted by molar-refractivity contribution is 1.08. The van der Waals surface area contributed by atoms with Crippen LogP contribution in [0.4, 0.5) is 0 Å². The molecule has 3 nitrogen and oxygen atoms in total. The first-order valence-electron chi connectivity index (χ1n) is 17.2. The second kappa shape index (κ2) is 12.0. The minimum atomic E-state index is -2.65. The van der Waals surface area contributed by atoms with Crippen molar-refractivity contribution < 1.29 is 0 Å². The second-order valence-electron chi connectivity index (χ2n) is 13.0. The summed E-state index contributed by atoms with van der Waals surface area (Å²) in [5.41, 5.74) is 5.66. The maximum absolute atomic E-state index is 4.92. The summed E-state index contributed by atoms with van der Waals surface area (Å²) in [5.74, 6) is 0.923. The van der Waals surface area contributed by atoms with E-state index in [1.807, 2.05) is 0 Å². The highest BCUT2D eigenvalue weighted by molar-refractivity contribution is 7.26. The summed E-state index contributed by atoms with van der Waals surface area (Å²) in [6.45, 7) is 0. The third kappa shape index (κ3) is 4.63. The summed E-state index contributed by atoms with van der Waals surface area (Å²) in [6.07, 6.45) is 1.72. The van der Waals surface area contributed by atoms with Crippen LogP contribution in [0.25, 0.3) is 59.1 Å².